The fourth-order valence-electron chi connectivity index (χ4n) is 2.28. The van der Waals surface area contributed by atoms with Crippen molar-refractivity contribution in [2.24, 2.45) is 7.05 Å². The number of aromatic nitrogens is 2. The molecule has 1 amide bonds. The molecule has 0 unspecified atom stereocenters. The quantitative estimate of drug-likeness (QED) is 0.787. The Morgan fingerprint density at radius 3 is 2.82 bits per heavy atom. The zero-order chi connectivity index (χ0) is 15.4. The Morgan fingerprint density at radius 2 is 2.09 bits per heavy atom. The first-order valence-electron chi connectivity index (χ1n) is 7.13. The van der Waals surface area contributed by atoms with Gasteiger partial charge in [0.15, 0.2) is 0 Å². The molecule has 0 fully saturated rings. The predicted octanol–water partition coefficient (Wildman–Crippen LogP) is 3.12. The minimum absolute atomic E-state index is 0.0904. The van der Waals surface area contributed by atoms with E-state index in [1.54, 1.807) is 23.1 Å². The summed E-state index contributed by atoms with van der Waals surface area (Å²) >= 11 is 1.67. The maximum atomic E-state index is 12.3. The maximum Gasteiger partial charge on any atom is 0.269 e. The van der Waals surface area contributed by atoms with Gasteiger partial charge < -0.3 is 5.32 Å². The van der Waals surface area contributed by atoms with E-state index in [-0.39, 0.29) is 5.91 Å². The number of rotatable bonds is 5. The van der Waals surface area contributed by atoms with Gasteiger partial charge in [-0.25, -0.2) is 0 Å². The van der Waals surface area contributed by atoms with Gasteiger partial charge in [0.05, 0.1) is 5.69 Å². The first-order valence-corrected chi connectivity index (χ1v) is 8.07. The van der Waals surface area contributed by atoms with Crippen LogP contribution in [0.1, 0.15) is 16.1 Å². The lowest BCUT2D eigenvalue weighted by Crippen LogP contribution is -2.27. The van der Waals surface area contributed by atoms with Gasteiger partial charge in [0.2, 0.25) is 0 Å². The molecule has 0 bridgehead atoms. The van der Waals surface area contributed by atoms with Crippen LogP contribution in [0.5, 0.6) is 0 Å². The van der Waals surface area contributed by atoms with Crippen LogP contribution in [0.15, 0.2) is 53.2 Å². The number of benzene rings is 1. The number of thiophene rings is 1. The third-order valence-electron chi connectivity index (χ3n) is 3.46. The van der Waals surface area contributed by atoms with Crippen molar-refractivity contribution in [3.05, 3.63) is 64.5 Å². The smallest absolute Gasteiger partial charge is 0.269 e. The van der Waals surface area contributed by atoms with E-state index in [1.807, 2.05) is 41.8 Å². The molecule has 0 saturated heterocycles. The standard InChI is InChI=1S/C17H17N3OS/c1-20-16(11-15(19-20)14-5-3-2-4-6-14)17(21)18-9-7-13-8-10-22-12-13/h2-6,8,10-12H,7,9H2,1H3,(H,18,21). The monoisotopic (exact) mass is 311 g/mol. The third-order valence-corrected chi connectivity index (χ3v) is 4.19. The van der Waals surface area contributed by atoms with Crippen LogP contribution in [-0.4, -0.2) is 22.2 Å². The van der Waals surface area contributed by atoms with Gasteiger partial charge in [-0.2, -0.15) is 16.4 Å². The Bertz CT molecular complexity index is 748. The van der Waals surface area contributed by atoms with Gasteiger partial charge in [0, 0.05) is 19.2 Å². The molecule has 0 spiro atoms. The predicted molar refractivity (Wildman–Crippen MR) is 89.0 cm³/mol. The molecule has 2 aromatic heterocycles. The highest BCUT2D eigenvalue weighted by Crippen LogP contribution is 2.18. The highest BCUT2D eigenvalue weighted by Gasteiger charge is 2.13. The van der Waals surface area contributed by atoms with Gasteiger partial charge in [-0.1, -0.05) is 30.3 Å². The lowest BCUT2D eigenvalue weighted by atomic mass is 10.1. The molecule has 2 heterocycles. The summed E-state index contributed by atoms with van der Waals surface area (Å²) in [4.78, 5) is 12.3. The normalized spacial score (nSPS) is 10.6. The van der Waals surface area contributed by atoms with Crippen LogP contribution in [0.3, 0.4) is 0 Å². The molecule has 1 N–H and O–H groups in total. The molecule has 5 heteroatoms. The van der Waals surface area contributed by atoms with Crippen molar-refractivity contribution < 1.29 is 4.79 Å². The van der Waals surface area contributed by atoms with Crippen LogP contribution < -0.4 is 5.32 Å². The van der Waals surface area contributed by atoms with Gasteiger partial charge in [0.25, 0.3) is 5.91 Å². The molecule has 1 aromatic carbocycles. The summed E-state index contributed by atoms with van der Waals surface area (Å²) in [6, 6.07) is 13.8. The minimum atomic E-state index is -0.0904. The molecule has 112 valence electrons. The Labute approximate surface area is 133 Å². The van der Waals surface area contributed by atoms with Crippen molar-refractivity contribution in [3.63, 3.8) is 0 Å². The molecule has 22 heavy (non-hydrogen) atoms. The fourth-order valence-corrected chi connectivity index (χ4v) is 2.98. The number of carbonyl (C=O) groups excluding carboxylic acids is 1. The lowest BCUT2D eigenvalue weighted by Gasteiger charge is -2.04. The fraction of sp³-hybridized carbons (Fsp3) is 0.176. The Kier molecular flexibility index (Phi) is 4.34. The minimum Gasteiger partial charge on any atom is -0.350 e. The molecule has 0 aliphatic rings. The Balaban J connectivity index is 1.66. The molecule has 0 atom stereocenters. The Morgan fingerprint density at radius 1 is 1.27 bits per heavy atom. The van der Waals surface area contributed by atoms with Gasteiger partial charge in [-0.05, 0) is 34.9 Å². The van der Waals surface area contributed by atoms with Crippen LogP contribution in [-0.2, 0) is 13.5 Å². The molecule has 4 nitrogen and oxygen atoms in total. The first-order chi connectivity index (χ1) is 10.7. The number of amides is 1. The van der Waals surface area contributed by atoms with E-state index >= 15 is 0 Å². The second-order valence-corrected chi connectivity index (χ2v) is 5.82. The Hall–Kier alpha value is -2.40. The van der Waals surface area contributed by atoms with E-state index in [2.05, 4.69) is 21.9 Å². The topological polar surface area (TPSA) is 46.9 Å². The highest BCUT2D eigenvalue weighted by molar-refractivity contribution is 7.07. The van der Waals surface area contributed by atoms with Crippen molar-refractivity contribution in [3.8, 4) is 11.3 Å². The van der Waals surface area contributed by atoms with E-state index in [0.29, 0.717) is 12.2 Å². The van der Waals surface area contributed by atoms with Crippen molar-refractivity contribution in [2.75, 3.05) is 6.54 Å². The van der Waals surface area contributed by atoms with E-state index in [4.69, 9.17) is 0 Å². The van der Waals surface area contributed by atoms with Gasteiger partial charge in [-0.3, -0.25) is 9.48 Å². The summed E-state index contributed by atoms with van der Waals surface area (Å²) in [6.07, 6.45) is 0.846. The molecular weight excluding hydrogens is 294 g/mol. The van der Waals surface area contributed by atoms with E-state index in [0.717, 1.165) is 17.7 Å². The van der Waals surface area contributed by atoms with E-state index in [9.17, 15) is 4.79 Å². The van der Waals surface area contributed by atoms with Crippen LogP contribution in [0.25, 0.3) is 11.3 Å². The summed E-state index contributed by atoms with van der Waals surface area (Å²) in [5, 5.41) is 11.5. The number of nitrogens with one attached hydrogen (secondary N) is 1. The molecule has 3 aromatic rings. The highest BCUT2D eigenvalue weighted by atomic mass is 32.1. The average molecular weight is 311 g/mol. The summed E-state index contributed by atoms with van der Waals surface area (Å²) in [6.45, 7) is 0.626. The van der Waals surface area contributed by atoms with E-state index in [1.165, 1.54) is 5.56 Å². The summed E-state index contributed by atoms with van der Waals surface area (Å²) in [5.74, 6) is -0.0904. The largest absolute Gasteiger partial charge is 0.350 e. The number of nitrogens with zero attached hydrogens (tertiary/aromatic N) is 2. The lowest BCUT2D eigenvalue weighted by molar-refractivity contribution is 0.0945. The summed E-state index contributed by atoms with van der Waals surface area (Å²) in [7, 11) is 1.79. The zero-order valence-corrected chi connectivity index (χ0v) is 13.1. The number of aryl methyl sites for hydroxylation is 1. The molecule has 0 aliphatic heterocycles. The second kappa shape index (κ2) is 6.58. The van der Waals surface area contributed by atoms with Crippen LogP contribution in [0.4, 0.5) is 0 Å². The molecule has 0 saturated carbocycles. The summed E-state index contributed by atoms with van der Waals surface area (Å²) < 4.78 is 1.63. The molecule has 0 aliphatic carbocycles. The maximum absolute atomic E-state index is 12.3. The van der Waals surface area contributed by atoms with Crippen LogP contribution >= 0.6 is 11.3 Å². The van der Waals surface area contributed by atoms with Gasteiger partial charge in [-0.15, -0.1) is 0 Å². The number of carbonyl (C=O) groups is 1. The molecule has 3 rings (SSSR count). The average Bonchev–Trinajstić information content (AvgIpc) is 3.17. The van der Waals surface area contributed by atoms with Crippen molar-refractivity contribution in [1.29, 1.82) is 0 Å². The number of hydrogen-bond donors (Lipinski definition) is 1. The van der Waals surface area contributed by atoms with Crippen molar-refractivity contribution in [2.45, 2.75) is 6.42 Å². The molecule has 0 radical (unpaired) electrons. The zero-order valence-electron chi connectivity index (χ0n) is 12.3. The van der Waals surface area contributed by atoms with Crippen molar-refractivity contribution in [1.82, 2.24) is 15.1 Å². The SMILES string of the molecule is Cn1nc(-c2ccccc2)cc1C(=O)NCCc1ccsc1. The summed E-state index contributed by atoms with van der Waals surface area (Å²) in [5.41, 5.74) is 3.64. The second-order valence-electron chi connectivity index (χ2n) is 5.04. The third kappa shape index (κ3) is 3.26. The molecular formula is C17H17N3OS. The van der Waals surface area contributed by atoms with Crippen LogP contribution in [0.2, 0.25) is 0 Å². The van der Waals surface area contributed by atoms with Crippen molar-refractivity contribution >= 4 is 17.2 Å². The van der Waals surface area contributed by atoms with Gasteiger partial charge >= 0.3 is 0 Å². The number of hydrogen-bond acceptors (Lipinski definition) is 3. The first kappa shape index (κ1) is 14.5. The van der Waals surface area contributed by atoms with Gasteiger partial charge in [0.1, 0.15) is 5.69 Å². The van der Waals surface area contributed by atoms with E-state index < -0.39 is 0 Å². The van der Waals surface area contributed by atoms with Crippen LogP contribution in [0, 0.1) is 0 Å².